The van der Waals surface area contributed by atoms with E-state index in [2.05, 4.69) is 0 Å². The van der Waals surface area contributed by atoms with E-state index < -0.39 is 9.84 Å². The quantitative estimate of drug-likeness (QED) is 0.361. The van der Waals surface area contributed by atoms with Crippen molar-refractivity contribution >= 4 is 9.84 Å². The average Bonchev–Trinajstić information content (AvgIpc) is 2.83. The number of benzene rings is 4. The Kier molecular flexibility index (Phi) is 6.34. The van der Waals surface area contributed by atoms with Crippen LogP contribution in [0, 0.1) is 0 Å². The molecule has 4 aromatic carbocycles. The van der Waals surface area contributed by atoms with Gasteiger partial charge in [0, 0.05) is 0 Å². The molecule has 5 heteroatoms. The summed E-state index contributed by atoms with van der Waals surface area (Å²) in [6.07, 6.45) is 0. The summed E-state index contributed by atoms with van der Waals surface area (Å²) in [5.74, 6) is 0.619. The maximum absolute atomic E-state index is 13.5. The average molecular weight is 431 g/mol. The highest BCUT2D eigenvalue weighted by Gasteiger charge is 2.25. The Morgan fingerprint density at radius 2 is 0.839 bits per heavy atom. The van der Waals surface area contributed by atoms with Gasteiger partial charge in [0.15, 0.2) is 0 Å². The van der Waals surface area contributed by atoms with Gasteiger partial charge in [-0.2, -0.15) is 0 Å². The van der Waals surface area contributed by atoms with Gasteiger partial charge in [-0.25, -0.2) is 8.42 Å². The van der Waals surface area contributed by atoms with Crippen molar-refractivity contribution in [3.05, 3.63) is 120 Å². The minimum atomic E-state index is -3.86. The number of ether oxygens (including phenoxy) is 2. The van der Waals surface area contributed by atoms with E-state index in [4.69, 9.17) is 9.47 Å². The lowest BCUT2D eigenvalue weighted by Crippen LogP contribution is -2.08. The van der Waals surface area contributed by atoms with Crippen LogP contribution in [0.15, 0.2) is 119 Å². The monoisotopic (exact) mass is 430 g/mol. The Morgan fingerprint density at radius 1 is 0.484 bits per heavy atom. The third-order valence-electron chi connectivity index (χ3n) is 4.75. The smallest absolute Gasteiger partial charge is 0.213 e. The molecule has 0 fully saturated rings. The van der Waals surface area contributed by atoms with Crippen LogP contribution < -0.4 is 9.47 Å². The highest BCUT2D eigenvalue weighted by Crippen LogP contribution is 2.34. The van der Waals surface area contributed by atoms with Crippen LogP contribution in [-0.2, 0) is 23.1 Å². The van der Waals surface area contributed by atoms with Crippen molar-refractivity contribution in [2.45, 2.75) is 23.0 Å². The first-order valence-corrected chi connectivity index (χ1v) is 11.4. The minimum Gasteiger partial charge on any atom is -0.488 e. The number of rotatable bonds is 8. The van der Waals surface area contributed by atoms with Gasteiger partial charge in [0.2, 0.25) is 9.84 Å². The molecule has 0 amide bonds. The summed E-state index contributed by atoms with van der Waals surface area (Å²) in [7, 11) is -3.86. The van der Waals surface area contributed by atoms with E-state index in [-0.39, 0.29) is 23.0 Å². The zero-order valence-electron chi connectivity index (χ0n) is 16.8. The second-order valence-corrected chi connectivity index (χ2v) is 8.83. The van der Waals surface area contributed by atoms with Crippen LogP contribution in [0.4, 0.5) is 0 Å². The molecule has 156 valence electrons. The Balaban J connectivity index is 1.62. The summed E-state index contributed by atoms with van der Waals surface area (Å²) in [6, 6.07) is 32.6. The third-order valence-corrected chi connectivity index (χ3v) is 6.58. The first kappa shape index (κ1) is 20.7. The Morgan fingerprint density at radius 3 is 1.26 bits per heavy atom. The molecule has 0 aliphatic rings. The normalized spacial score (nSPS) is 11.1. The lowest BCUT2D eigenvalue weighted by atomic mass is 10.2. The van der Waals surface area contributed by atoms with E-state index >= 15 is 0 Å². The molecule has 4 aromatic rings. The predicted octanol–water partition coefficient (Wildman–Crippen LogP) is 5.68. The highest BCUT2D eigenvalue weighted by atomic mass is 32.2. The SMILES string of the molecule is O=S(=O)(c1ccccc1OCc1ccccc1)c1ccccc1OCc1ccccc1. The van der Waals surface area contributed by atoms with E-state index in [0.717, 1.165) is 11.1 Å². The first-order valence-electron chi connectivity index (χ1n) is 9.91. The molecule has 0 unspecified atom stereocenters. The molecule has 0 bridgehead atoms. The Hall–Kier alpha value is -3.57. The van der Waals surface area contributed by atoms with Crippen molar-refractivity contribution in [2.24, 2.45) is 0 Å². The fourth-order valence-corrected chi connectivity index (χ4v) is 4.71. The number of sulfone groups is 1. The lowest BCUT2D eigenvalue weighted by Gasteiger charge is -2.15. The Bertz CT molecular complexity index is 1140. The highest BCUT2D eigenvalue weighted by molar-refractivity contribution is 7.91. The molecule has 0 saturated carbocycles. The van der Waals surface area contributed by atoms with Gasteiger partial charge in [-0.15, -0.1) is 0 Å². The van der Waals surface area contributed by atoms with Crippen LogP contribution in [0.1, 0.15) is 11.1 Å². The van der Waals surface area contributed by atoms with E-state index in [1.807, 2.05) is 60.7 Å². The van der Waals surface area contributed by atoms with E-state index in [1.54, 1.807) is 48.5 Å². The largest absolute Gasteiger partial charge is 0.488 e. The molecule has 0 spiro atoms. The first-order chi connectivity index (χ1) is 15.1. The molecule has 0 heterocycles. The van der Waals surface area contributed by atoms with Crippen LogP contribution in [0.2, 0.25) is 0 Å². The molecule has 0 atom stereocenters. The van der Waals surface area contributed by atoms with Crippen LogP contribution >= 0.6 is 0 Å². The molecule has 4 nitrogen and oxygen atoms in total. The van der Waals surface area contributed by atoms with Crippen LogP contribution in [0.3, 0.4) is 0 Å². The van der Waals surface area contributed by atoms with Crippen molar-refractivity contribution in [2.75, 3.05) is 0 Å². The van der Waals surface area contributed by atoms with Gasteiger partial charge in [-0.05, 0) is 35.4 Å². The van der Waals surface area contributed by atoms with Gasteiger partial charge in [0.25, 0.3) is 0 Å². The Labute approximate surface area is 182 Å². The standard InChI is InChI=1S/C26H22O4S/c27-31(28,25-17-9-7-15-23(25)29-19-21-11-3-1-4-12-21)26-18-10-8-16-24(26)30-20-22-13-5-2-6-14-22/h1-18H,19-20H2. The second kappa shape index (κ2) is 9.49. The molecule has 0 aliphatic carbocycles. The fourth-order valence-electron chi connectivity index (χ4n) is 3.17. The summed E-state index contributed by atoms with van der Waals surface area (Å²) in [4.78, 5) is 0.225. The van der Waals surface area contributed by atoms with E-state index in [1.165, 1.54) is 0 Å². The van der Waals surface area contributed by atoms with Crippen molar-refractivity contribution in [1.29, 1.82) is 0 Å². The molecule has 0 aliphatic heterocycles. The van der Waals surface area contributed by atoms with Gasteiger partial charge in [-0.3, -0.25) is 0 Å². The maximum atomic E-state index is 13.5. The topological polar surface area (TPSA) is 52.6 Å². The van der Waals surface area contributed by atoms with Gasteiger partial charge in [0.05, 0.1) is 0 Å². The van der Waals surface area contributed by atoms with Gasteiger partial charge >= 0.3 is 0 Å². The van der Waals surface area contributed by atoms with E-state index in [9.17, 15) is 8.42 Å². The number of hydrogen-bond donors (Lipinski definition) is 0. The molecular formula is C26H22O4S. The predicted molar refractivity (Wildman–Crippen MR) is 120 cm³/mol. The molecular weight excluding hydrogens is 408 g/mol. The molecule has 0 saturated heterocycles. The summed E-state index contributed by atoms with van der Waals surface area (Å²) < 4.78 is 38.8. The summed E-state index contributed by atoms with van der Waals surface area (Å²) in [6.45, 7) is 0.555. The van der Waals surface area contributed by atoms with Crippen LogP contribution in [0.25, 0.3) is 0 Å². The molecule has 0 radical (unpaired) electrons. The number of para-hydroxylation sites is 2. The molecule has 0 aromatic heterocycles. The van der Waals surface area contributed by atoms with Crippen LogP contribution in [0.5, 0.6) is 11.5 Å². The van der Waals surface area contributed by atoms with Crippen molar-refractivity contribution in [3.63, 3.8) is 0 Å². The minimum absolute atomic E-state index is 0.113. The fraction of sp³-hybridized carbons (Fsp3) is 0.0769. The lowest BCUT2D eigenvalue weighted by molar-refractivity contribution is 0.295. The second-order valence-electron chi connectivity index (χ2n) is 6.95. The zero-order valence-corrected chi connectivity index (χ0v) is 17.7. The maximum Gasteiger partial charge on any atom is 0.213 e. The van der Waals surface area contributed by atoms with E-state index in [0.29, 0.717) is 11.5 Å². The van der Waals surface area contributed by atoms with Crippen molar-refractivity contribution in [3.8, 4) is 11.5 Å². The molecule has 0 N–H and O–H groups in total. The molecule has 31 heavy (non-hydrogen) atoms. The van der Waals surface area contributed by atoms with Crippen LogP contribution in [-0.4, -0.2) is 8.42 Å². The molecule has 4 rings (SSSR count). The van der Waals surface area contributed by atoms with Gasteiger partial charge in [0.1, 0.15) is 34.5 Å². The third kappa shape index (κ3) is 4.95. The summed E-state index contributed by atoms with van der Waals surface area (Å²) >= 11 is 0. The van der Waals surface area contributed by atoms with Crippen molar-refractivity contribution < 1.29 is 17.9 Å². The number of hydrogen-bond acceptors (Lipinski definition) is 4. The summed E-state index contributed by atoms with van der Waals surface area (Å²) in [5.41, 5.74) is 1.92. The van der Waals surface area contributed by atoms with Gasteiger partial charge < -0.3 is 9.47 Å². The summed E-state index contributed by atoms with van der Waals surface area (Å²) in [5, 5.41) is 0. The zero-order chi connectivity index (χ0) is 21.5. The van der Waals surface area contributed by atoms with Gasteiger partial charge in [-0.1, -0.05) is 84.9 Å². The van der Waals surface area contributed by atoms with Crippen molar-refractivity contribution in [1.82, 2.24) is 0 Å².